The predicted octanol–water partition coefficient (Wildman–Crippen LogP) is 1.78. The topological polar surface area (TPSA) is 38.5 Å². The van der Waals surface area contributed by atoms with Gasteiger partial charge in [0.1, 0.15) is 0 Å². The van der Waals surface area contributed by atoms with Gasteiger partial charge >= 0.3 is 0 Å². The lowest BCUT2D eigenvalue weighted by atomic mass is 9.87. The van der Waals surface area contributed by atoms with Crippen molar-refractivity contribution in [1.29, 1.82) is 0 Å². The number of nitrogens with zero attached hydrogens (tertiary/aromatic N) is 1. The molecule has 0 amide bonds. The van der Waals surface area contributed by atoms with Gasteiger partial charge in [0.25, 0.3) is 0 Å². The van der Waals surface area contributed by atoms with E-state index in [-0.39, 0.29) is 11.6 Å². The zero-order valence-corrected chi connectivity index (χ0v) is 11.0. The van der Waals surface area contributed by atoms with Gasteiger partial charge in [-0.15, -0.1) is 0 Å². The van der Waals surface area contributed by atoms with Crippen molar-refractivity contribution in [1.82, 2.24) is 4.90 Å². The summed E-state index contributed by atoms with van der Waals surface area (Å²) in [6, 6.07) is 0.151. The third-order valence-electron chi connectivity index (χ3n) is 3.74. The van der Waals surface area contributed by atoms with Crippen LogP contribution in [0.5, 0.6) is 0 Å². The standard InChI is InChI=1S/C13H26N2O/c1-5-11(2)10-12(14)13(3,4)15-6-8-16-9-7-15/h12H,2,5-10,14H2,1,3-4H3. The minimum atomic E-state index is 0.0297. The maximum absolute atomic E-state index is 6.32. The van der Waals surface area contributed by atoms with Crippen LogP contribution in [0.25, 0.3) is 0 Å². The molecule has 1 saturated heterocycles. The summed E-state index contributed by atoms with van der Waals surface area (Å²) in [5, 5.41) is 0. The van der Waals surface area contributed by atoms with E-state index in [1.165, 1.54) is 5.57 Å². The molecule has 2 N–H and O–H groups in total. The van der Waals surface area contributed by atoms with Crippen LogP contribution >= 0.6 is 0 Å². The Morgan fingerprint density at radius 2 is 2.00 bits per heavy atom. The highest BCUT2D eigenvalue weighted by Crippen LogP contribution is 2.23. The molecule has 1 fully saturated rings. The number of nitrogens with two attached hydrogens (primary N) is 1. The Morgan fingerprint density at radius 3 is 2.50 bits per heavy atom. The van der Waals surface area contributed by atoms with Crippen LogP contribution in [0.3, 0.4) is 0 Å². The van der Waals surface area contributed by atoms with Crippen molar-refractivity contribution in [3.8, 4) is 0 Å². The smallest absolute Gasteiger partial charge is 0.0594 e. The van der Waals surface area contributed by atoms with E-state index in [4.69, 9.17) is 10.5 Å². The van der Waals surface area contributed by atoms with Crippen LogP contribution in [0.15, 0.2) is 12.2 Å². The molecule has 1 unspecified atom stereocenters. The fraction of sp³-hybridized carbons (Fsp3) is 0.846. The molecule has 16 heavy (non-hydrogen) atoms. The van der Waals surface area contributed by atoms with Crippen LogP contribution in [0.1, 0.15) is 33.6 Å². The molecule has 0 spiro atoms. The first-order valence-corrected chi connectivity index (χ1v) is 6.23. The molecule has 0 aromatic heterocycles. The molecule has 3 nitrogen and oxygen atoms in total. The minimum absolute atomic E-state index is 0.0297. The van der Waals surface area contributed by atoms with E-state index in [1.54, 1.807) is 0 Å². The molecule has 0 aromatic carbocycles. The Morgan fingerprint density at radius 1 is 1.44 bits per heavy atom. The zero-order chi connectivity index (χ0) is 12.2. The van der Waals surface area contributed by atoms with Gasteiger partial charge in [-0.25, -0.2) is 0 Å². The summed E-state index contributed by atoms with van der Waals surface area (Å²) in [6.45, 7) is 14.3. The molecule has 0 aliphatic carbocycles. The highest BCUT2D eigenvalue weighted by Gasteiger charge is 2.33. The van der Waals surface area contributed by atoms with E-state index in [0.717, 1.165) is 39.1 Å². The molecule has 1 aliphatic rings. The fourth-order valence-corrected chi connectivity index (χ4v) is 2.08. The summed E-state index contributed by atoms with van der Waals surface area (Å²) in [7, 11) is 0. The molecule has 0 bridgehead atoms. The van der Waals surface area contributed by atoms with Crippen LogP contribution in [0.4, 0.5) is 0 Å². The predicted molar refractivity (Wildman–Crippen MR) is 68.5 cm³/mol. The van der Waals surface area contributed by atoms with Gasteiger partial charge in [-0.05, 0) is 26.7 Å². The lowest BCUT2D eigenvalue weighted by Crippen LogP contribution is -2.59. The fourth-order valence-electron chi connectivity index (χ4n) is 2.08. The van der Waals surface area contributed by atoms with E-state index in [9.17, 15) is 0 Å². The lowest BCUT2D eigenvalue weighted by Gasteiger charge is -2.44. The minimum Gasteiger partial charge on any atom is -0.379 e. The summed E-state index contributed by atoms with van der Waals surface area (Å²) in [6.07, 6.45) is 1.94. The van der Waals surface area contributed by atoms with Gasteiger partial charge in [0.2, 0.25) is 0 Å². The summed E-state index contributed by atoms with van der Waals surface area (Å²) in [5.41, 5.74) is 7.59. The van der Waals surface area contributed by atoms with Crippen molar-refractivity contribution < 1.29 is 4.74 Å². The van der Waals surface area contributed by atoms with E-state index in [0.29, 0.717) is 0 Å². The van der Waals surface area contributed by atoms with Crippen LogP contribution < -0.4 is 5.73 Å². The van der Waals surface area contributed by atoms with Crippen molar-refractivity contribution in [2.45, 2.75) is 45.2 Å². The first-order valence-electron chi connectivity index (χ1n) is 6.23. The number of morpholine rings is 1. The molecule has 1 aliphatic heterocycles. The van der Waals surface area contributed by atoms with E-state index in [2.05, 4.69) is 32.3 Å². The Hall–Kier alpha value is -0.380. The van der Waals surface area contributed by atoms with Crippen molar-refractivity contribution in [3.05, 3.63) is 12.2 Å². The van der Waals surface area contributed by atoms with Crippen molar-refractivity contribution in [3.63, 3.8) is 0 Å². The van der Waals surface area contributed by atoms with Gasteiger partial charge in [-0.2, -0.15) is 0 Å². The maximum Gasteiger partial charge on any atom is 0.0594 e. The molecule has 3 heteroatoms. The SMILES string of the molecule is C=C(CC)CC(N)C(C)(C)N1CCOCC1. The molecule has 1 heterocycles. The van der Waals surface area contributed by atoms with Crippen molar-refractivity contribution >= 4 is 0 Å². The summed E-state index contributed by atoms with van der Waals surface area (Å²) >= 11 is 0. The first kappa shape index (κ1) is 13.7. The highest BCUT2D eigenvalue weighted by atomic mass is 16.5. The summed E-state index contributed by atoms with van der Waals surface area (Å²) < 4.78 is 5.38. The van der Waals surface area contributed by atoms with Gasteiger partial charge in [0.15, 0.2) is 0 Å². The van der Waals surface area contributed by atoms with Crippen LogP contribution in [0, 0.1) is 0 Å². The van der Waals surface area contributed by atoms with Gasteiger partial charge in [-0.3, -0.25) is 4.90 Å². The average Bonchev–Trinajstić information content (AvgIpc) is 2.29. The molecule has 1 rings (SSSR count). The van der Waals surface area contributed by atoms with E-state index < -0.39 is 0 Å². The van der Waals surface area contributed by atoms with Gasteiger partial charge in [0.05, 0.1) is 13.2 Å². The monoisotopic (exact) mass is 226 g/mol. The number of rotatable bonds is 5. The second kappa shape index (κ2) is 5.80. The van der Waals surface area contributed by atoms with Crippen molar-refractivity contribution in [2.24, 2.45) is 5.73 Å². The maximum atomic E-state index is 6.32. The molecule has 94 valence electrons. The quantitative estimate of drug-likeness (QED) is 0.726. The third kappa shape index (κ3) is 3.30. The lowest BCUT2D eigenvalue weighted by molar-refractivity contribution is -0.0186. The Balaban J connectivity index is 2.56. The number of hydrogen-bond donors (Lipinski definition) is 1. The Bertz CT molecular complexity index is 232. The zero-order valence-electron chi connectivity index (χ0n) is 11.0. The third-order valence-corrected chi connectivity index (χ3v) is 3.74. The molecule has 0 saturated carbocycles. The molecule has 0 radical (unpaired) electrons. The van der Waals surface area contributed by atoms with Crippen LogP contribution in [-0.4, -0.2) is 42.8 Å². The highest BCUT2D eigenvalue weighted by molar-refractivity contribution is 5.03. The molecule has 1 atom stereocenters. The van der Waals surface area contributed by atoms with Gasteiger partial charge in [0, 0.05) is 24.7 Å². The normalized spacial score (nSPS) is 20.8. The van der Waals surface area contributed by atoms with E-state index in [1.807, 2.05) is 0 Å². The largest absolute Gasteiger partial charge is 0.379 e. The van der Waals surface area contributed by atoms with Crippen molar-refractivity contribution in [2.75, 3.05) is 26.3 Å². The van der Waals surface area contributed by atoms with Gasteiger partial charge < -0.3 is 10.5 Å². The second-order valence-corrected chi connectivity index (χ2v) is 5.17. The molecule has 0 aromatic rings. The summed E-state index contributed by atoms with van der Waals surface area (Å²) in [5.74, 6) is 0. The van der Waals surface area contributed by atoms with Gasteiger partial charge in [-0.1, -0.05) is 19.1 Å². The first-order chi connectivity index (χ1) is 7.48. The Labute approximate surface area is 99.6 Å². The molecular formula is C13H26N2O. The van der Waals surface area contributed by atoms with Crippen LogP contribution in [0.2, 0.25) is 0 Å². The number of hydrogen-bond acceptors (Lipinski definition) is 3. The molecular weight excluding hydrogens is 200 g/mol. The van der Waals surface area contributed by atoms with Crippen LogP contribution in [-0.2, 0) is 4.74 Å². The van der Waals surface area contributed by atoms with E-state index >= 15 is 0 Å². The number of ether oxygens (including phenoxy) is 1. The average molecular weight is 226 g/mol. The summed E-state index contributed by atoms with van der Waals surface area (Å²) in [4.78, 5) is 2.43. The Kier molecular flexibility index (Phi) is 4.96. The second-order valence-electron chi connectivity index (χ2n) is 5.17.